The smallest absolute Gasteiger partial charge is 0.326 e. The lowest BCUT2D eigenvalue weighted by Crippen LogP contribution is -2.61. The Morgan fingerprint density at radius 2 is 1.07 bits per heavy atom. The fraction of sp³-hybridized carbons (Fsp3) is 0.740. The summed E-state index contributed by atoms with van der Waals surface area (Å²) in [4.78, 5) is 164. The first-order chi connectivity index (χ1) is 37.6. The van der Waals surface area contributed by atoms with Crippen LogP contribution in [0.2, 0.25) is 0 Å². The summed E-state index contributed by atoms with van der Waals surface area (Å²) in [5.74, 6) is -12.5. The minimum absolute atomic E-state index is 0.0204. The fourth-order valence-corrected chi connectivity index (χ4v) is 8.96. The van der Waals surface area contributed by atoms with Gasteiger partial charge in [0.15, 0.2) is 5.96 Å². The van der Waals surface area contributed by atoms with Gasteiger partial charge < -0.3 is 85.7 Å². The summed E-state index contributed by atoms with van der Waals surface area (Å²) in [6, 6.07) is -12.2. The number of aliphatic imine (C=N–C) groups is 1. The number of nitrogens with two attached hydrogens (primary N) is 4. The van der Waals surface area contributed by atoms with Crippen LogP contribution in [0.1, 0.15) is 125 Å². The van der Waals surface area contributed by atoms with Crippen molar-refractivity contribution in [1.29, 1.82) is 0 Å². The van der Waals surface area contributed by atoms with E-state index < -0.39 is 157 Å². The lowest BCUT2D eigenvalue weighted by molar-refractivity contribution is -0.145. The van der Waals surface area contributed by atoms with E-state index >= 15 is 0 Å². The van der Waals surface area contributed by atoms with Crippen molar-refractivity contribution in [3.05, 3.63) is 0 Å². The Kier molecular flexibility index (Phi) is 33.1. The Bertz CT molecular complexity index is 2150. The second-order valence-electron chi connectivity index (χ2n) is 20.8. The van der Waals surface area contributed by atoms with E-state index in [1.165, 1.54) is 16.7 Å². The number of carboxylic acid groups (broad SMARTS) is 3. The van der Waals surface area contributed by atoms with Gasteiger partial charge in [0.2, 0.25) is 53.2 Å². The highest BCUT2D eigenvalue weighted by Gasteiger charge is 2.42. The van der Waals surface area contributed by atoms with Crippen LogP contribution in [0, 0.1) is 17.8 Å². The summed E-state index contributed by atoms with van der Waals surface area (Å²) in [6.07, 6.45) is 1.53. The van der Waals surface area contributed by atoms with Crippen LogP contribution in [0.5, 0.6) is 0 Å². The molecule has 19 N–H and O–H groups in total. The van der Waals surface area contributed by atoms with Gasteiger partial charge in [-0.05, 0) is 107 Å². The fourth-order valence-electron chi connectivity index (χ4n) is 8.49. The molecule has 1 aliphatic rings. The molecule has 0 saturated carbocycles. The van der Waals surface area contributed by atoms with Crippen molar-refractivity contribution in [2.75, 3.05) is 38.2 Å². The number of hydrogen-bond acceptors (Lipinski definition) is 16. The van der Waals surface area contributed by atoms with Crippen LogP contribution in [0.4, 0.5) is 0 Å². The van der Waals surface area contributed by atoms with Crippen molar-refractivity contribution < 1.29 is 72.9 Å². The third-order valence-electron chi connectivity index (χ3n) is 12.6. The maximum Gasteiger partial charge on any atom is 0.326 e. The molecular formula is C50H88N14O15S. The van der Waals surface area contributed by atoms with E-state index in [1.54, 1.807) is 34.0 Å². The maximum atomic E-state index is 14.4. The van der Waals surface area contributed by atoms with Gasteiger partial charge in [0.25, 0.3) is 0 Å². The molecule has 0 aliphatic carbocycles. The predicted molar refractivity (Wildman–Crippen MR) is 296 cm³/mol. The number of carboxylic acids is 3. The standard InChI is InChI=1S/C50H88N14O15S/c1-26(2)22-33(60-41(70)29(56-37(65)25-52)13-10-19-55-50(53)54)44(73)57-30(12-8-9-18-51)42(71)58-31(17-21-80-7)43(72)63-40(28(5)6)48(77)64-20-11-14-36(64)47(76)62-35(24-39(68)69)46(75)61-34(23-27(3)4)45(74)59-32(49(78)79)15-16-38(66)67/h26-36,40H,8-25,51-52H2,1-7H3,(H,56,65)(H,57,73)(H,58,71)(H,59,74)(H,60,70)(H,61,75)(H,62,76)(H,63,72)(H,66,67)(H,68,69)(H,78,79)(H4,53,54,55)/t29-,30-,31-,32-,33-,34-,35-,36-,40-/m0/s1. The monoisotopic (exact) mass is 1160 g/mol. The summed E-state index contributed by atoms with van der Waals surface area (Å²) in [7, 11) is 0. The molecule has 9 amide bonds. The van der Waals surface area contributed by atoms with E-state index in [9.17, 15) is 67.7 Å². The maximum absolute atomic E-state index is 14.4. The molecule has 1 fully saturated rings. The van der Waals surface area contributed by atoms with Crippen molar-refractivity contribution in [2.45, 2.75) is 179 Å². The second-order valence-corrected chi connectivity index (χ2v) is 21.7. The molecular weight excluding hydrogens is 1070 g/mol. The minimum Gasteiger partial charge on any atom is -0.481 e. The van der Waals surface area contributed by atoms with Gasteiger partial charge in [-0.25, -0.2) is 4.79 Å². The first kappa shape index (κ1) is 71.2. The number of nitrogens with one attached hydrogen (secondary N) is 8. The van der Waals surface area contributed by atoms with E-state index in [0.29, 0.717) is 25.0 Å². The van der Waals surface area contributed by atoms with Crippen molar-refractivity contribution in [2.24, 2.45) is 45.7 Å². The lowest BCUT2D eigenvalue weighted by Gasteiger charge is -2.32. The number of hydrogen-bond donors (Lipinski definition) is 15. The third kappa shape index (κ3) is 26.9. The van der Waals surface area contributed by atoms with Gasteiger partial charge in [-0.1, -0.05) is 41.5 Å². The zero-order valence-electron chi connectivity index (χ0n) is 47.0. The molecule has 80 heavy (non-hydrogen) atoms. The van der Waals surface area contributed by atoms with E-state index in [2.05, 4.69) is 47.5 Å². The van der Waals surface area contributed by atoms with Crippen molar-refractivity contribution in [1.82, 2.24) is 47.4 Å². The molecule has 30 heteroatoms. The Balaban J connectivity index is 3.44. The topological polar surface area (TPSA) is 481 Å². The summed E-state index contributed by atoms with van der Waals surface area (Å²) in [5, 5.41) is 48.8. The number of amides is 9. The van der Waals surface area contributed by atoms with Gasteiger partial charge >= 0.3 is 17.9 Å². The summed E-state index contributed by atoms with van der Waals surface area (Å²) >= 11 is 1.37. The van der Waals surface area contributed by atoms with Gasteiger partial charge in [0, 0.05) is 19.5 Å². The lowest BCUT2D eigenvalue weighted by atomic mass is 10.00. The largest absolute Gasteiger partial charge is 0.481 e. The molecule has 1 heterocycles. The molecule has 1 aliphatic heterocycles. The number of likely N-dealkylation sites (tertiary alicyclic amines) is 1. The number of unbranched alkanes of at least 4 members (excludes halogenated alkanes) is 1. The Morgan fingerprint density at radius 1 is 0.588 bits per heavy atom. The molecule has 1 rings (SSSR count). The molecule has 29 nitrogen and oxygen atoms in total. The Labute approximate surface area is 470 Å². The highest BCUT2D eigenvalue weighted by Crippen LogP contribution is 2.22. The molecule has 1 saturated heterocycles. The van der Waals surface area contributed by atoms with E-state index in [1.807, 2.05) is 13.8 Å². The number of carbonyl (C=O) groups is 12. The minimum atomic E-state index is -1.80. The molecule has 0 aromatic rings. The normalized spacial score (nSPS) is 16.1. The average Bonchev–Trinajstić information content (AvgIpc) is 3.87. The molecule has 0 radical (unpaired) electrons. The summed E-state index contributed by atoms with van der Waals surface area (Å²) in [5.41, 5.74) is 22.1. The van der Waals surface area contributed by atoms with Gasteiger partial charge in [-0.15, -0.1) is 0 Å². The number of aliphatic carboxylic acids is 3. The highest BCUT2D eigenvalue weighted by atomic mass is 32.2. The molecule has 454 valence electrons. The van der Waals surface area contributed by atoms with Crippen LogP contribution in [0.25, 0.3) is 0 Å². The van der Waals surface area contributed by atoms with Crippen molar-refractivity contribution >= 4 is 88.8 Å². The van der Waals surface area contributed by atoms with Crippen LogP contribution >= 0.6 is 11.8 Å². The molecule has 0 aromatic carbocycles. The van der Waals surface area contributed by atoms with Crippen molar-refractivity contribution in [3.63, 3.8) is 0 Å². The summed E-state index contributed by atoms with van der Waals surface area (Å²) < 4.78 is 0. The average molecular weight is 1160 g/mol. The van der Waals surface area contributed by atoms with E-state index in [4.69, 9.17) is 28.0 Å². The highest BCUT2D eigenvalue weighted by molar-refractivity contribution is 7.98. The molecule has 0 unspecified atom stereocenters. The van der Waals surface area contributed by atoms with Gasteiger partial charge in [0.05, 0.1) is 13.0 Å². The third-order valence-corrected chi connectivity index (χ3v) is 13.3. The number of carbonyl (C=O) groups excluding carboxylic acids is 9. The van der Waals surface area contributed by atoms with Crippen LogP contribution in [-0.4, -0.2) is 190 Å². The molecule has 9 atom stereocenters. The number of guanidine groups is 1. The number of thioether (sulfide) groups is 1. The van der Waals surface area contributed by atoms with Crippen LogP contribution in [-0.2, 0) is 57.5 Å². The SMILES string of the molecule is CSCC[C@H](NC(=O)[C@H](CCCCN)NC(=O)[C@H](CC(C)C)NC(=O)[C@H](CCCN=C(N)N)NC(=O)CN)C(=O)N[C@H](C(=O)N1CCC[C@H]1C(=O)N[C@@H](CC(=O)O)C(=O)N[C@@H](CC(C)C)C(=O)N[C@@H](CCC(=O)O)C(=O)O)C(C)C. The first-order valence-electron chi connectivity index (χ1n) is 26.9. The first-order valence-corrected chi connectivity index (χ1v) is 28.3. The van der Waals surface area contributed by atoms with Gasteiger partial charge in [-0.2, -0.15) is 11.8 Å². The molecule has 0 aromatic heterocycles. The zero-order valence-corrected chi connectivity index (χ0v) is 47.8. The van der Waals surface area contributed by atoms with Crippen LogP contribution in [0.3, 0.4) is 0 Å². The second kappa shape index (κ2) is 37.2. The molecule has 0 bridgehead atoms. The van der Waals surface area contributed by atoms with Crippen LogP contribution in [0.15, 0.2) is 4.99 Å². The Morgan fingerprint density at radius 3 is 1.55 bits per heavy atom. The van der Waals surface area contributed by atoms with E-state index in [-0.39, 0.29) is 82.4 Å². The quantitative estimate of drug-likeness (QED) is 0.0165. The predicted octanol–water partition coefficient (Wildman–Crippen LogP) is -3.08. The zero-order chi connectivity index (χ0) is 60.8. The van der Waals surface area contributed by atoms with Crippen LogP contribution < -0.4 is 65.5 Å². The van der Waals surface area contributed by atoms with Crippen molar-refractivity contribution in [3.8, 4) is 0 Å². The Hall–Kier alpha value is -6.82. The van der Waals surface area contributed by atoms with E-state index in [0.717, 1.165) is 0 Å². The number of rotatable bonds is 39. The van der Waals surface area contributed by atoms with Gasteiger partial charge in [0.1, 0.15) is 54.4 Å². The summed E-state index contributed by atoms with van der Waals surface area (Å²) in [6.45, 7) is 10.3. The van der Waals surface area contributed by atoms with Gasteiger partial charge in [-0.3, -0.25) is 57.7 Å². The molecule has 0 spiro atoms. The number of nitrogens with zero attached hydrogens (tertiary/aromatic N) is 2.